The van der Waals surface area contributed by atoms with Crippen molar-refractivity contribution in [2.75, 3.05) is 19.8 Å². The van der Waals surface area contributed by atoms with Crippen LogP contribution in [0.2, 0.25) is 0 Å². The van der Waals surface area contributed by atoms with Crippen LogP contribution >= 0.6 is 0 Å². The molecular formula is C23H25N5O2. The predicted molar refractivity (Wildman–Crippen MR) is 115 cm³/mol. The summed E-state index contributed by atoms with van der Waals surface area (Å²) in [5.41, 5.74) is 3.98. The zero-order valence-electron chi connectivity index (χ0n) is 17.2. The summed E-state index contributed by atoms with van der Waals surface area (Å²) < 4.78 is 11.7. The lowest BCUT2D eigenvalue weighted by Gasteiger charge is -2.41. The molecule has 0 aliphatic carbocycles. The number of nitrogens with one attached hydrogen (secondary N) is 2. The lowest BCUT2D eigenvalue weighted by atomic mass is 10.0. The number of fused-ring (bicyclic) bond motifs is 1. The van der Waals surface area contributed by atoms with Crippen molar-refractivity contribution in [2.45, 2.75) is 25.9 Å². The van der Waals surface area contributed by atoms with Crippen LogP contribution in [0, 0.1) is 0 Å². The molecule has 2 aromatic heterocycles. The Morgan fingerprint density at radius 2 is 1.93 bits per heavy atom. The number of rotatable bonds is 5. The molecule has 0 unspecified atom stereocenters. The molecule has 2 N–H and O–H groups in total. The molecule has 7 nitrogen and oxygen atoms in total. The fourth-order valence-corrected chi connectivity index (χ4v) is 3.80. The highest BCUT2D eigenvalue weighted by Crippen LogP contribution is 2.28. The average Bonchev–Trinajstić information content (AvgIpc) is 3.39. The van der Waals surface area contributed by atoms with Crippen LogP contribution in [0.5, 0.6) is 11.5 Å². The van der Waals surface area contributed by atoms with Crippen molar-refractivity contribution < 1.29 is 9.47 Å². The highest BCUT2D eigenvalue weighted by atomic mass is 16.5. The SMILES string of the molecule is CC1(C)COCCN1Cc1nc2ccc(Oc3ccc(-c4ccn[nH]4)cc3)cc2[nH]1. The summed E-state index contributed by atoms with van der Waals surface area (Å²) in [5, 5.41) is 6.96. The first-order chi connectivity index (χ1) is 14.6. The van der Waals surface area contributed by atoms with Crippen LogP contribution in [-0.2, 0) is 11.3 Å². The number of ether oxygens (including phenoxy) is 2. The van der Waals surface area contributed by atoms with Crippen molar-refractivity contribution in [1.82, 2.24) is 25.1 Å². The van der Waals surface area contributed by atoms with Crippen LogP contribution in [0.25, 0.3) is 22.3 Å². The third-order valence-corrected chi connectivity index (χ3v) is 5.56. The van der Waals surface area contributed by atoms with Crippen LogP contribution in [0.15, 0.2) is 54.7 Å². The smallest absolute Gasteiger partial charge is 0.129 e. The Balaban J connectivity index is 1.31. The summed E-state index contributed by atoms with van der Waals surface area (Å²) in [6.45, 7) is 7.60. The second kappa shape index (κ2) is 7.59. The summed E-state index contributed by atoms with van der Waals surface area (Å²) in [6.07, 6.45) is 1.74. The summed E-state index contributed by atoms with van der Waals surface area (Å²) >= 11 is 0. The lowest BCUT2D eigenvalue weighted by Crippen LogP contribution is -2.52. The van der Waals surface area contributed by atoms with Crippen molar-refractivity contribution >= 4 is 11.0 Å². The maximum absolute atomic E-state index is 6.05. The normalized spacial score (nSPS) is 16.7. The number of hydrogen-bond acceptors (Lipinski definition) is 5. The van der Waals surface area contributed by atoms with Crippen LogP contribution in [0.4, 0.5) is 0 Å². The molecule has 0 radical (unpaired) electrons. The van der Waals surface area contributed by atoms with Gasteiger partial charge in [0.25, 0.3) is 0 Å². The first-order valence-electron chi connectivity index (χ1n) is 10.2. The summed E-state index contributed by atoms with van der Waals surface area (Å²) in [5.74, 6) is 2.52. The standard InChI is InChI=1S/C23H25N5O2/c1-23(2)15-29-12-11-28(23)14-22-25-20-8-7-18(13-21(20)26-22)30-17-5-3-16(4-6-17)19-9-10-24-27-19/h3-10,13H,11-12,14-15H2,1-2H3,(H,24,27)(H,25,26). The highest BCUT2D eigenvalue weighted by molar-refractivity contribution is 5.77. The van der Waals surface area contributed by atoms with Gasteiger partial charge in [-0.2, -0.15) is 5.10 Å². The van der Waals surface area contributed by atoms with Gasteiger partial charge in [-0.05, 0) is 61.9 Å². The molecule has 154 valence electrons. The van der Waals surface area contributed by atoms with Crippen LogP contribution in [0.1, 0.15) is 19.7 Å². The molecular weight excluding hydrogens is 378 g/mol. The van der Waals surface area contributed by atoms with Crippen molar-refractivity contribution in [2.24, 2.45) is 0 Å². The van der Waals surface area contributed by atoms with E-state index in [1.54, 1.807) is 6.20 Å². The summed E-state index contributed by atoms with van der Waals surface area (Å²) in [6, 6.07) is 15.8. The molecule has 0 amide bonds. The van der Waals surface area contributed by atoms with E-state index in [4.69, 9.17) is 14.5 Å². The zero-order valence-corrected chi connectivity index (χ0v) is 17.2. The minimum Gasteiger partial charge on any atom is -0.457 e. The number of nitrogens with zero attached hydrogens (tertiary/aromatic N) is 3. The Labute approximate surface area is 175 Å². The number of aromatic amines is 2. The van der Waals surface area contributed by atoms with Crippen LogP contribution in [-0.4, -0.2) is 50.4 Å². The molecule has 4 aromatic rings. The van der Waals surface area contributed by atoms with Gasteiger partial charge in [0.15, 0.2) is 0 Å². The van der Waals surface area contributed by atoms with Crippen molar-refractivity contribution in [3.05, 3.63) is 60.6 Å². The van der Waals surface area contributed by atoms with Crippen molar-refractivity contribution in [1.29, 1.82) is 0 Å². The quantitative estimate of drug-likeness (QED) is 0.518. The number of H-pyrrole nitrogens is 2. The largest absolute Gasteiger partial charge is 0.457 e. The molecule has 2 aromatic carbocycles. The van der Waals surface area contributed by atoms with E-state index in [-0.39, 0.29) is 5.54 Å². The predicted octanol–water partition coefficient (Wildman–Crippen LogP) is 4.36. The summed E-state index contributed by atoms with van der Waals surface area (Å²) in [4.78, 5) is 10.6. The molecule has 1 aliphatic heterocycles. The van der Waals surface area contributed by atoms with Gasteiger partial charge in [-0.3, -0.25) is 10.00 Å². The van der Waals surface area contributed by atoms with E-state index in [9.17, 15) is 0 Å². The van der Waals surface area contributed by atoms with Gasteiger partial charge in [0, 0.05) is 24.3 Å². The Morgan fingerprint density at radius 1 is 1.10 bits per heavy atom. The number of aromatic nitrogens is 4. The van der Waals surface area contributed by atoms with E-state index in [1.807, 2.05) is 48.5 Å². The average molecular weight is 403 g/mol. The fourth-order valence-electron chi connectivity index (χ4n) is 3.80. The maximum atomic E-state index is 6.05. The van der Waals surface area contributed by atoms with E-state index in [0.29, 0.717) is 0 Å². The summed E-state index contributed by atoms with van der Waals surface area (Å²) in [7, 11) is 0. The number of morpholine rings is 1. The molecule has 30 heavy (non-hydrogen) atoms. The van der Waals surface area contributed by atoms with E-state index in [2.05, 4.69) is 33.9 Å². The van der Waals surface area contributed by atoms with Gasteiger partial charge < -0.3 is 14.5 Å². The van der Waals surface area contributed by atoms with Crippen molar-refractivity contribution in [3.8, 4) is 22.8 Å². The highest BCUT2D eigenvalue weighted by Gasteiger charge is 2.31. The van der Waals surface area contributed by atoms with Gasteiger partial charge in [-0.25, -0.2) is 4.98 Å². The maximum Gasteiger partial charge on any atom is 0.129 e. The molecule has 1 aliphatic rings. The monoisotopic (exact) mass is 403 g/mol. The number of benzene rings is 2. The van der Waals surface area contributed by atoms with E-state index in [1.165, 1.54) is 0 Å². The Bertz CT molecular complexity index is 1130. The first-order valence-corrected chi connectivity index (χ1v) is 10.2. The molecule has 1 saturated heterocycles. The zero-order chi connectivity index (χ0) is 20.6. The molecule has 1 fully saturated rings. The van der Waals surface area contributed by atoms with Gasteiger partial charge in [0.2, 0.25) is 0 Å². The van der Waals surface area contributed by atoms with Gasteiger partial charge >= 0.3 is 0 Å². The Morgan fingerprint density at radius 3 is 2.70 bits per heavy atom. The Hall–Kier alpha value is -3.16. The minimum absolute atomic E-state index is 0.00778. The van der Waals surface area contributed by atoms with E-state index < -0.39 is 0 Å². The van der Waals surface area contributed by atoms with Gasteiger partial charge in [0.05, 0.1) is 36.5 Å². The molecule has 0 saturated carbocycles. The third kappa shape index (κ3) is 3.81. The Kier molecular flexibility index (Phi) is 4.77. The minimum atomic E-state index is 0.00778. The molecule has 0 bridgehead atoms. The third-order valence-electron chi connectivity index (χ3n) is 5.56. The lowest BCUT2D eigenvalue weighted by molar-refractivity contribution is -0.0562. The molecule has 0 spiro atoms. The molecule has 7 heteroatoms. The number of hydrogen-bond donors (Lipinski definition) is 2. The molecule has 0 atom stereocenters. The second-order valence-electron chi connectivity index (χ2n) is 8.25. The first kappa shape index (κ1) is 18.8. The van der Waals surface area contributed by atoms with Crippen LogP contribution < -0.4 is 4.74 Å². The van der Waals surface area contributed by atoms with Gasteiger partial charge in [-0.1, -0.05) is 0 Å². The van der Waals surface area contributed by atoms with E-state index in [0.717, 1.165) is 65.9 Å². The van der Waals surface area contributed by atoms with Gasteiger partial charge in [-0.15, -0.1) is 0 Å². The van der Waals surface area contributed by atoms with Gasteiger partial charge in [0.1, 0.15) is 17.3 Å². The van der Waals surface area contributed by atoms with E-state index >= 15 is 0 Å². The van der Waals surface area contributed by atoms with Crippen LogP contribution in [0.3, 0.4) is 0 Å². The van der Waals surface area contributed by atoms with Crippen molar-refractivity contribution in [3.63, 3.8) is 0 Å². The molecule has 5 rings (SSSR count). The topological polar surface area (TPSA) is 79.1 Å². The molecule has 3 heterocycles. The fraction of sp³-hybridized carbons (Fsp3) is 0.304. The second-order valence-corrected chi connectivity index (χ2v) is 8.25. The number of imidazole rings is 1.